The first-order valence-electron chi connectivity index (χ1n) is 15.7. The summed E-state index contributed by atoms with van der Waals surface area (Å²) in [6.45, 7) is 4.34. The summed E-state index contributed by atoms with van der Waals surface area (Å²) in [5.41, 5.74) is 4.16. The van der Waals surface area contributed by atoms with E-state index in [2.05, 4.69) is 22.3 Å². The van der Waals surface area contributed by atoms with E-state index in [4.69, 9.17) is 16.3 Å². The van der Waals surface area contributed by atoms with E-state index in [1.54, 1.807) is 36.4 Å². The van der Waals surface area contributed by atoms with Crippen LogP contribution in [-0.4, -0.2) is 36.6 Å². The van der Waals surface area contributed by atoms with Crippen LogP contribution in [0.2, 0.25) is 5.02 Å². The number of ether oxygens (including phenoxy) is 2. The summed E-state index contributed by atoms with van der Waals surface area (Å²) >= 11 is 6.13. The van der Waals surface area contributed by atoms with Gasteiger partial charge in [0, 0.05) is 18.2 Å². The lowest BCUT2D eigenvalue weighted by atomic mass is 9.80. The lowest BCUT2D eigenvalue weighted by Gasteiger charge is -2.26. The first-order valence-corrected chi connectivity index (χ1v) is 16.1. The number of hydrogen-bond acceptors (Lipinski definition) is 6. The summed E-state index contributed by atoms with van der Waals surface area (Å²) in [4.78, 5) is 37.4. The Morgan fingerprint density at radius 2 is 1.51 bits per heavy atom. The number of methoxy groups -OCH3 is 1. The zero-order valence-corrected chi connectivity index (χ0v) is 27.6. The van der Waals surface area contributed by atoms with E-state index < -0.39 is 5.97 Å². The molecule has 0 aromatic heterocycles. The topological polar surface area (TPSA) is 114 Å². The van der Waals surface area contributed by atoms with Crippen molar-refractivity contribution in [2.75, 3.05) is 19.0 Å². The third-order valence-corrected chi connectivity index (χ3v) is 8.59. The second-order valence-electron chi connectivity index (χ2n) is 11.5. The largest absolute Gasteiger partial charge is 0.508 e. The first-order chi connectivity index (χ1) is 22.7. The van der Waals surface area contributed by atoms with Gasteiger partial charge in [-0.1, -0.05) is 74.0 Å². The van der Waals surface area contributed by atoms with Crippen molar-refractivity contribution >= 4 is 35.1 Å². The van der Waals surface area contributed by atoms with E-state index in [9.17, 15) is 19.5 Å². The minimum atomic E-state index is -0.443. The molecular weight excluding hydrogens is 616 g/mol. The van der Waals surface area contributed by atoms with Gasteiger partial charge in [-0.15, -0.1) is 0 Å². The molecule has 0 fully saturated rings. The van der Waals surface area contributed by atoms with Gasteiger partial charge in [0.05, 0.1) is 17.7 Å². The first kappa shape index (κ1) is 35.0. The number of carbonyl (C=O) groups excluding carboxylic acids is 3. The van der Waals surface area contributed by atoms with Gasteiger partial charge in [-0.2, -0.15) is 0 Å². The number of nitrogens with one attached hydrogen (secondary N) is 2. The van der Waals surface area contributed by atoms with Crippen molar-refractivity contribution in [3.8, 4) is 11.5 Å². The molecule has 0 saturated heterocycles. The van der Waals surface area contributed by atoms with Crippen molar-refractivity contribution < 1.29 is 29.0 Å². The predicted molar refractivity (Wildman–Crippen MR) is 184 cm³/mol. The summed E-state index contributed by atoms with van der Waals surface area (Å²) in [5, 5.41) is 16.3. The molecule has 0 saturated carbocycles. The molecule has 0 heterocycles. The van der Waals surface area contributed by atoms with Gasteiger partial charge in [0.2, 0.25) is 5.91 Å². The maximum atomic E-state index is 13.5. The summed E-state index contributed by atoms with van der Waals surface area (Å²) in [7, 11) is 1.32. The molecule has 9 heteroatoms. The Hall–Kier alpha value is -4.82. The zero-order valence-electron chi connectivity index (χ0n) is 26.9. The third-order valence-electron chi connectivity index (χ3n) is 8.26. The fraction of sp³-hybridized carbons (Fsp3) is 0.289. The van der Waals surface area contributed by atoms with Gasteiger partial charge in [-0.25, -0.2) is 4.79 Å². The quantitative estimate of drug-likeness (QED) is 0.112. The molecule has 246 valence electrons. The molecule has 4 rings (SSSR count). The van der Waals surface area contributed by atoms with Crippen LogP contribution in [0.1, 0.15) is 72.0 Å². The number of rotatable bonds is 15. The van der Waals surface area contributed by atoms with Crippen LogP contribution >= 0.6 is 11.6 Å². The van der Waals surface area contributed by atoms with Crippen LogP contribution in [0.4, 0.5) is 5.69 Å². The number of amides is 2. The van der Waals surface area contributed by atoms with Crippen molar-refractivity contribution in [2.45, 2.75) is 51.5 Å². The van der Waals surface area contributed by atoms with E-state index >= 15 is 0 Å². The smallest absolute Gasteiger partial charge is 0.343 e. The van der Waals surface area contributed by atoms with Crippen molar-refractivity contribution in [2.24, 2.45) is 5.92 Å². The number of phenols is 1. The number of benzene rings is 4. The Labute approximate surface area is 281 Å². The molecule has 4 aromatic rings. The maximum absolute atomic E-state index is 13.5. The molecule has 47 heavy (non-hydrogen) atoms. The van der Waals surface area contributed by atoms with Crippen LogP contribution in [-0.2, 0) is 20.9 Å². The van der Waals surface area contributed by atoms with Gasteiger partial charge in [0.15, 0.2) is 6.61 Å². The van der Waals surface area contributed by atoms with Crippen LogP contribution in [0.3, 0.4) is 0 Å². The van der Waals surface area contributed by atoms with E-state index in [1.165, 1.54) is 7.11 Å². The lowest BCUT2D eigenvalue weighted by molar-refractivity contribution is -0.142. The highest BCUT2D eigenvalue weighted by atomic mass is 35.5. The molecule has 0 bridgehead atoms. The maximum Gasteiger partial charge on any atom is 0.343 e. The molecule has 3 N–H and O–H groups in total. The molecule has 0 aliphatic heterocycles. The Kier molecular flexibility index (Phi) is 12.8. The predicted octanol–water partition coefficient (Wildman–Crippen LogP) is 7.86. The normalized spacial score (nSPS) is 12.8. The highest BCUT2D eigenvalue weighted by molar-refractivity contribution is 6.33. The lowest BCUT2D eigenvalue weighted by Crippen LogP contribution is -2.25. The number of aromatic hydroxyl groups is 1. The van der Waals surface area contributed by atoms with Gasteiger partial charge < -0.3 is 25.2 Å². The third kappa shape index (κ3) is 10.3. The van der Waals surface area contributed by atoms with Crippen LogP contribution in [0.15, 0.2) is 97.1 Å². The minimum absolute atomic E-state index is 0.0562. The van der Waals surface area contributed by atoms with Gasteiger partial charge in [0.25, 0.3) is 5.91 Å². The molecule has 3 atom stereocenters. The van der Waals surface area contributed by atoms with E-state index in [0.717, 1.165) is 23.1 Å². The molecular formula is C38H41ClN2O6. The monoisotopic (exact) mass is 656 g/mol. The number of esters is 1. The van der Waals surface area contributed by atoms with Gasteiger partial charge in [-0.05, 0) is 96.3 Å². The van der Waals surface area contributed by atoms with E-state index in [1.807, 2.05) is 67.6 Å². The molecule has 4 aromatic carbocycles. The Balaban J connectivity index is 1.38. The highest BCUT2D eigenvalue weighted by Crippen LogP contribution is 2.36. The van der Waals surface area contributed by atoms with Crippen LogP contribution in [0.25, 0.3) is 0 Å². The highest BCUT2D eigenvalue weighted by Gasteiger charge is 2.25. The Bertz CT molecular complexity index is 1620. The number of halogens is 1. The second kappa shape index (κ2) is 17.2. The van der Waals surface area contributed by atoms with Gasteiger partial charge >= 0.3 is 5.97 Å². The number of anilines is 1. The zero-order chi connectivity index (χ0) is 33.8. The SMILES string of the molecule is CCC(CC(CC(C)c1ccc(OCC(=O)OC)cc1)c1ccc(O)cc1)C(=O)Nc1ccc(CNC(=O)c2ccccc2Cl)cc1. The fourth-order valence-electron chi connectivity index (χ4n) is 5.45. The molecule has 0 aliphatic carbocycles. The van der Waals surface area contributed by atoms with Crippen LogP contribution in [0, 0.1) is 5.92 Å². The number of carbonyl (C=O) groups is 3. The Morgan fingerprint density at radius 1 is 0.851 bits per heavy atom. The van der Waals surface area contributed by atoms with Crippen molar-refractivity contribution in [1.82, 2.24) is 5.32 Å². The average Bonchev–Trinajstić information content (AvgIpc) is 3.09. The molecule has 0 spiro atoms. The summed E-state index contributed by atoms with van der Waals surface area (Å²) in [6.07, 6.45) is 2.07. The van der Waals surface area contributed by atoms with E-state index in [0.29, 0.717) is 41.4 Å². The number of phenolic OH excluding ortho intramolecular Hbond substituents is 1. The Morgan fingerprint density at radius 3 is 2.15 bits per heavy atom. The number of hydrogen-bond donors (Lipinski definition) is 3. The summed E-state index contributed by atoms with van der Waals surface area (Å²) in [5.74, 6) is -0.00538. The van der Waals surface area contributed by atoms with Crippen LogP contribution in [0.5, 0.6) is 11.5 Å². The summed E-state index contributed by atoms with van der Waals surface area (Å²) in [6, 6.07) is 29.2. The standard InChI is InChI=1S/C38H41ClN2O6/c1-4-27(37(44)41-31-15-9-26(10-16-31)23-40-38(45)34-7-5-6-8-35(34)39)22-30(29-11-17-32(42)18-12-29)21-25(2)28-13-19-33(20-14-28)47-24-36(43)46-3/h5-20,25,27,30,42H,4,21-24H2,1-3H3,(H,40,45)(H,41,44). The van der Waals surface area contributed by atoms with Crippen molar-refractivity contribution in [1.29, 1.82) is 0 Å². The van der Waals surface area contributed by atoms with Crippen LogP contribution < -0.4 is 15.4 Å². The second-order valence-corrected chi connectivity index (χ2v) is 12.0. The molecule has 2 amide bonds. The summed E-state index contributed by atoms with van der Waals surface area (Å²) < 4.78 is 10.1. The van der Waals surface area contributed by atoms with E-state index in [-0.39, 0.29) is 41.9 Å². The minimum Gasteiger partial charge on any atom is -0.508 e. The van der Waals surface area contributed by atoms with Crippen molar-refractivity contribution in [3.63, 3.8) is 0 Å². The van der Waals surface area contributed by atoms with Gasteiger partial charge in [-0.3, -0.25) is 9.59 Å². The van der Waals surface area contributed by atoms with Crippen molar-refractivity contribution in [3.05, 3.63) is 124 Å². The molecule has 0 radical (unpaired) electrons. The molecule has 0 aliphatic rings. The molecule has 8 nitrogen and oxygen atoms in total. The van der Waals surface area contributed by atoms with Gasteiger partial charge in [0.1, 0.15) is 11.5 Å². The fourth-order valence-corrected chi connectivity index (χ4v) is 5.67. The average molecular weight is 657 g/mol. The molecule has 3 unspecified atom stereocenters.